The summed E-state index contributed by atoms with van der Waals surface area (Å²) in [6.07, 6.45) is 2.09. The van der Waals surface area contributed by atoms with E-state index in [0.717, 1.165) is 24.8 Å². The van der Waals surface area contributed by atoms with Crippen LogP contribution in [0.25, 0.3) is 0 Å². The molecule has 5 heteroatoms. The molecule has 25 heavy (non-hydrogen) atoms. The second kappa shape index (κ2) is 6.82. The molecule has 0 aromatic heterocycles. The minimum atomic E-state index is -1.92. The summed E-state index contributed by atoms with van der Waals surface area (Å²) in [4.78, 5) is 12.4. The molecule has 3 atom stereocenters. The zero-order chi connectivity index (χ0) is 19.2. The van der Waals surface area contributed by atoms with Crippen LogP contribution in [-0.4, -0.2) is 39.2 Å². The van der Waals surface area contributed by atoms with E-state index < -0.39 is 14.4 Å². The van der Waals surface area contributed by atoms with Crippen molar-refractivity contribution in [1.29, 1.82) is 0 Å². The number of carbonyl (C=O) groups excluding carboxylic acids is 1. The van der Waals surface area contributed by atoms with Crippen molar-refractivity contribution in [2.24, 2.45) is 17.3 Å². The average molecular weight is 369 g/mol. The molecule has 0 aromatic rings. The SMILES string of the molecule is COC(=O)[C@@H]1CCC2=C([C@@H](O)C(C)(C)C2)[C@@H]1CO[Si](C)(C)C(C)(C)C. The second-order valence-electron chi connectivity index (χ2n) is 9.97. The number of carbonyl (C=O) groups is 1. The lowest BCUT2D eigenvalue weighted by Gasteiger charge is -2.40. The van der Waals surface area contributed by atoms with Crippen LogP contribution >= 0.6 is 0 Å². The highest BCUT2D eigenvalue weighted by atomic mass is 28.4. The molecule has 0 aromatic carbocycles. The van der Waals surface area contributed by atoms with Gasteiger partial charge in [-0.25, -0.2) is 0 Å². The van der Waals surface area contributed by atoms with Gasteiger partial charge >= 0.3 is 5.97 Å². The van der Waals surface area contributed by atoms with Crippen LogP contribution in [0.15, 0.2) is 11.1 Å². The van der Waals surface area contributed by atoms with Crippen molar-refractivity contribution >= 4 is 14.3 Å². The van der Waals surface area contributed by atoms with Gasteiger partial charge in [-0.05, 0) is 48.4 Å². The standard InChI is InChI=1S/C20H36O4Si/c1-19(2,3)25(7,8)24-12-15-14(18(22)23-6)10-9-13-11-20(4,5)17(21)16(13)15/h14-15,17,21H,9-12H2,1-8H3/t14-,15-,17-/m1/s1. The summed E-state index contributed by atoms with van der Waals surface area (Å²) in [6.45, 7) is 15.8. The van der Waals surface area contributed by atoms with Crippen LogP contribution in [-0.2, 0) is 14.0 Å². The van der Waals surface area contributed by atoms with Crippen molar-refractivity contribution in [2.75, 3.05) is 13.7 Å². The lowest BCUT2D eigenvalue weighted by molar-refractivity contribution is -0.148. The molecular formula is C20H36O4Si. The molecular weight excluding hydrogens is 332 g/mol. The number of hydrogen-bond acceptors (Lipinski definition) is 4. The highest BCUT2D eigenvalue weighted by molar-refractivity contribution is 6.74. The summed E-state index contributed by atoms with van der Waals surface area (Å²) in [5.74, 6) is -0.452. The number of aliphatic hydroxyl groups is 1. The Balaban J connectivity index is 2.30. The highest BCUT2D eigenvalue weighted by Gasteiger charge is 2.49. The second-order valence-corrected chi connectivity index (χ2v) is 14.8. The van der Waals surface area contributed by atoms with Crippen molar-refractivity contribution in [2.45, 2.75) is 78.1 Å². The van der Waals surface area contributed by atoms with Crippen molar-refractivity contribution < 1.29 is 19.1 Å². The van der Waals surface area contributed by atoms with Gasteiger partial charge in [-0.15, -0.1) is 0 Å². The Morgan fingerprint density at radius 3 is 2.44 bits per heavy atom. The molecule has 144 valence electrons. The Kier molecular flexibility index (Phi) is 5.63. The Morgan fingerprint density at radius 2 is 1.92 bits per heavy atom. The zero-order valence-corrected chi connectivity index (χ0v) is 18.2. The fourth-order valence-electron chi connectivity index (χ4n) is 3.96. The summed E-state index contributed by atoms with van der Waals surface area (Å²) >= 11 is 0. The third-order valence-electron chi connectivity index (χ3n) is 6.69. The number of methoxy groups -OCH3 is 1. The van der Waals surface area contributed by atoms with Gasteiger partial charge in [-0.1, -0.05) is 40.2 Å². The van der Waals surface area contributed by atoms with E-state index in [1.165, 1.54) is 12.7 Å². The monoisotopic (exact) mass is 368 g/mol. The quantitative estimate of drug-likeness (QED) is 0.457. The van der Waals surface area contributed by atoms with Crippen LogP contribution in [0.4, 0.5) is 0 Å². The molecule has 0 unspecified atom stereocenters. The molecule has 0 saturated heterocycles. The van der Waals surface area contributed by atoms with Crippen LogP contribution in [0, 0.1) is 17.3 Å². The summed E-state index contributed by atoms with van der Waals surface area (Å²) in [5, 5.41) is 11.0. The predicted molar refractivity (Wildman–Crippen MR) is 103 cm³/mol. The fraction of sp³-hybridized carbons (Fsp3) is 0.850. The summed E-state index contributed by atoms with van der Waals surface area (Å²) in [7, 11) is -0.470. The number of aliphatic hydroxyl groups excluding tert-OH is 1. The van der Waals surface area contributed by atoms with Crippen molar-refractivity contribution in [3.05, 3.63) is 11.1 Å². The molecule has 1 N–H and O–H groups in total. The maximum absolute atomic E-state index is 12.4. The Hall–Kier alpha value is -0.653. The molecule has 0 aliphatic heterocycles. The molecule has 4 nitrogen and oxygen atoms in total. The maximum Gasteiger partial charge on any atom is 0.309 e. The van der Waals surface area contributed by atoms with E-state index in [0.29, 0.717) is 6.61 Å². The average Bonchev–Trinajstić information content (AvgIpc) is 2.73. The van der Waals surface area contributed by atoms with E-state index in [1.807, 2.05) is 0 Å². The molecule has 0 saturated carbocycles. The van der Waals surface area contributed by atoms with E-state index in [9.17, 15) is 9.90 Å². The summed E-state index contributed by atoms with van der Waals surface area (Å²) < 4.78 is 11.5. The van der Waals surface area contributed by atoms with Crippen LogP contribution in [0.3, 0.4) is 0 Å². The fourth-order valence-corrected chi connectivity index (χ4v) is 4.99. The van der Waals surface area contributed by atoms with Crippen LogP contribution in [0.5, 0.6) is 0 Å². The van der Waals surface area contributed by atoms with Crippen molar-refractivity contribution in [3.63, 3.8) is 0 Å². The third kappa shape index (κ3) is 3.88. The Bertz CT molecular complexity index is 557. The maximum atomic E-state index is 12.4. The molecule has 2 rings (SSSR count). The van der Waals surface area contributed by atoms with Crippen LogP contribution in [0.1, 0.15) is 53.9 Å². The Labute approximate surface area is 154 Å². The van der Waals surface area contributed by atoms with E-state index in [1.54, 1.807) is 0 Å². The first-order chi connectivity index (χ1) is 11.3. The van der Waals surface area contributed by atoms with Gasteiger partial charge in [-0.3, -0.25) is 4.79 Å². The number of hydrogen-bond donors (Lipinski definition) is 1. The largest absolute Gasteiger partial charge is 0.469 e. The smallest absolute Gasteiger partial charge is 0.309 e. The third-order valence-corrected chi connectivity index (χ3v) is 11.2. The Morgan fingerprint density at radius 1 is 1.32 bits per heavy atom. The first-order valence-corrected chi connectivity index (χ1v) is 12.3. The molecule has 0 radical (unpaired) electrons. The van der Waals surface area contributed by atoms with E-state index in [2.05, 4.69) is 47.7 Å². The molecule has 0 amide bonds. The minimum absolute atomic E-state index is 0.0675. The molecule has 0 spiro atoms. The number of rotatable bonds is 4. The van der Waals surface area contributed by atoms with Gasteiger partial charge < -0.3 is 14.3 Å². The number of esters is 1. The highest BCUT2D eigenvalue weighted by Crippen LogP contribution is 2.51. The van der Waals surface area contributed by atoms with Gasteiger partial charge in [0.05, 0.1) is 19.1 Å². The van der Waals surface area contributed by atoms with Gasteiger partial charge in [0.15, 0.2) is 8.32 Å². The summed E-state index contributed by atoms with van der Waals surface area (Å²) in [6, 6.07) is 0. The lowest BCUT2D eigenvalue weighted by Crippen LogP contribution is -2.45. The van der Waals surface area contributed by atoms with Gasteiger partial charge in [0.25, 0.3) is 0 Å². The van der Waals surface area contributed by atoms with Gasteiger partial charge in [-0.2, -0.15) is 0 Å². The van der Waals surface area contributed by atoms with Crippen LogP contribution < -0.4 is 0 Å². The van der Waals surface area contributed by atoms with E-state index in [4.69, 9.17) is 9.16 Å². The minimum Gasteiger partial charge on any atom is -0.469 e. The molecule has 2 aliphatic rings. The van der Waals surface area contributed by atoms with Crippen molar-refractivity contribution in [1.82, 2.24) is 0 Å². The predicted octanol–water partition coefficient (Wildman–Crippen LogP) is 4.29. The number of ether oxygens (including phenoxy) is 1. The molecule has 2 aliphatic carbocycles. The van der Waals surface area contributed by atoms with Gasteiger partial charge in [0, 0.05) is 12.5 Å². The first kappa shape index (κ1) is 20.7. The van der Waals surface area contributed by atoms with E-state index >= 15 is 0 Å². The normalized spacial score (nSPS) is 29.6. The van der Waals surface area contributed by atoms with Gasteiger partial charge in [0.1, 0.15) is 0 Å². The molecule has 0 bridgehead atoms. The zero-order valence-electron chi connectivity index (χ0n) is 17.2. The number of allylic oxidation sites excluding steroid dienone is 1. The van der Waals surface area contributed by atoms with Crippen molar-refractivity contribution in [3.8, 4) is 0 Å². The van der Waals surface area contributed by atoms with Gasteiger partial charge in [0.2, 0.25) is 0 Å². The summed E-state index contributed by atoms with van der Waals surface area (Å²) in [5.41, 5.74) is 2.23. The lowest BCUT2D eigenvalue weighted by atomic mass is 9.75. The molecule has 0 heterocycles. The van der Waals surface area contributed by atoms with Crippen LogP contribution in [0.2, 0.25) is 18.1 Å². The van der Waals surface area contributed by atoms with E-state index in [-0.39, 0.29) is 28.3 Å². The topological polar surface area (TPSA) is 55.8 Å². The molecule has 0 fully saturated rings. The first-order valence-electron chi connectivity index (χ1n) is 9.43.